The van der Waals surface area contributed by atoms with Gasteiger partial charge in [0.25, 0.3) is 0 Å². The minimum atomic E-state index is -0.645. The van der Waals surface area contributed by atoms with Crippen molar-refractivity contribution in [3.8, 4) is 0 Å². The molecular weight excluding hydrogens is 457 g/mol. The first kappa shape index (κ1) is 25.3. The van der Waals surface area contributed by atoms with Gasteiger partial charge in [0, 0.05) is 51.7 Å². The summed E-state index contributed by atoms with van der Waals surface area (Å²) in [5, 5.41) is 5.50. The minimum Gasteiger partial charge on any atom is -0.367 e. The lowest BCUT2D eigenvalue weighted by Crippen LogP contribution is -2.51. The maximum Gasteiger partial charge on any atom is 0.309 e. The first-order valence-corrected chi connectivity index (χ1v) is 12.3. The largest absolute Gasteiger partial charge is 0.367 e. The Hall–Kier alpha value is -3.78. The molecule has 0 aliphatic carbocycles. The highest BCUT2D eigenvalue weighted by Gasteiger charge is 2.27. The van der Waals surface area contributed by atoms with E-state index in [0.29, 0.717) is 38.4 Å². The second-order valence-corrected chi connectivity index (χ2v) is 8.83. The summed E-state index contributed by atoms with van der Waals surface area (Å²) < 4.78 is 14.2. The topological polar surface area (TPSA) is 77.6 Å². The summed E-state index contributed by atoms with van der Waals surface area (Å²) in [5.41, 5.74) is 2.76. The van der Waals surface area contributed by atoms with Crippen molar-refractivity contribution in [2.45, 2.75) is 18.9 Å². The lowest BCUT2D eigenvalue weighted by Gasteiger charge is -2.40. The first-order chi connectivity index (χ1) is 17.6. The highest BCUT2D eigenvalue weighted by Crippen LogP contribution is 2.25. The maximum absolute atomic E-state index is 14.2. The van der Waals surface area contributed by atoms with Crippen molar-refractivity contribution in [1.29, 1.82) is 0 Å². The Labute approximate surface area is 211 Å². The van der Waals surface area contributed by atoms with Crippen molar-refractivity contribution >= 4 is 17.5 Å². The number of benzene rings is 2. The molecule has 4 rings (SSSR count). The molecule has 36 heavy (non-hydrogen) atoms. The van der Waals surface area contributed by atoms with Gasteiger partial charge >= 0.3 is 11.8 Å². The third kappa shape index (κ3) is 6.88. The highest BCUT2D eigenvalue weighted by molar-refractivity contribution is 6.35. The third-order valence-electron chi connectivity index (χ3n) is 6.45. The van der Waals surface area contributed by atoms with E-state index in [2.05, 4.69) is 20.5 Å². The predicted octanol–water partition coefficient (Wildman–Crippen LogP) is 2.95. The van der Waals surface area contributed by atoms with Crippen LogP contribution in [0.4, 0.5) is 10.1 Å². The third-order valence-corrected chi connectivity index (χ3v) is 6.45. The summed E-state index contributed by atoms with van der Waals surface area (Å²) >= 11 is 0. The van der Waals surface area contributed by atoms with Crippen LogP contribution >= 0.6 is 0 Å². The molecule has 1 aromatic heterocycles. The molecule has 2 amide bonds. The molecule has 1 aliphatic rings. The molecule has 188 valence electrons. The fourth-order valence-corrected chi connectivity index (χ4v) is 4.50. The van der Waals surface area contributed by atoms with Crippen LogP contribution in [0.2, 0.25) is 0 Å². The van der Waals surface area contributed by atoms with Crippen LogP contribution in [0.1, 0.15) is 23.6 Å². The molecule has 2 N–H and O–H groups in total. The predicted molar refractivity (Wildman–Crippen MR) is 138 cm³/mol. The molecule has 0 saturated carbocycles. The van der Waals surface area contributed by atoms with Gasteiger partial charge in [-0.2, -0.15) is 0 Å². The van der Waals surface area contributed by atoms with Gasteiger partial charge in [0.2, 0.25) is 0 Å². The standard InChI is InChI=1S/C28H32FN5O2/c29-24-12-4-5-13-25(24)33-16-18-34(19-17-33)26(23-11-7-14-30-20-23)21-32-28(36)27(35)31-15-6-10-22-8-2-1-3-9-22/h1-5,7-9,11-14,20,26H,6,10,15-19,21H2,(H,31,35)(H,32,36)/t26-/m0/s1. The van der Waals surface area contributed by atoms with E-state index in [1.54, 1.807) is 24.5 Å². The number of para-hydroxylation sites is 1. The number of hydrogen-bond acceptors (Lipinski definition) is 5. The second kappa shape index (κ2) is 12.8. The van der Waals surface area contributed by atoms with Gasteiger partial charge in [0.15, 0.2) is 0 Å². The Bertz CT molecular complexity index is 1120. The number of pyridine rings is 1. The van der Waals surface area contributed by atoms with Crippen LogP contribution in [0, 0.1) is 5.82 Å². The van der Waals surface area contributed by atoms with Gasteiger partial charge in [-0.05, 0) is 42.2 Å². The van der Waals surface area contributed by atoms with Gasteiger partial charge in [-0.1, -0.05) is 48.5 Å². The van der Waals surface area contributed by atoms with E-state index in [0.717, 1.165) is 18.4 Å². The average Bonchev–Trinajstić information content (AvgIpc) is 2.93. The van der Waals surface area contributed by atoms with Crippen LogP contribution in [-0.4, -0.2) is 61.0 Å². The normalized spacial score (nSPS) is 14.8. The quantitative estimate of drug-likeness (QED) is 0.357. The van der Waals surface area contributed by atoms with Crippen molar-refractivity contribution in [3.05, 3.63) is 96.1 Å². The summed E-state index contributed by atoms with van der Waals surface area (Å²) in [7, 11) is 0. The van der Waals surface area contributed by atoms with Gasteiger partial charge in [-0.15, -0.1) is 0 Å². The fraction of sp³-hybridized carbons (Fsp3) is 0.321. The number of carbonyl (C=O) groups excluding carboxylic acids is 2. The molecular formula is C28H32FN5O2. The van der Waals surface area contributed by atoms with E-state index in [-0.39, 0.29) is 18.4 Å². The Morgan fingerprint density at radius 2 is 1.61 bits per heavy atom. The van der Waals surface area contributed by atoms with Crippen LogP contribution in [0.5, 0.6) is 0 Å². The zero-order valence-electron chi connectivity index (χ0n) is 20.3. The number of piperazine rings is 1. The first-order valence-electron chi connectivity index (χ1n) is 12.3. The van der Waals surface area contributed by atoms with Crippen molar-refractivity contribution in [2.75, 3.05) is 44.2 Å². The van der Waals surface area contributed by atoms with E-state index in [1.165, 1.54) is 11.6 Å². The van der Waals surface area contributed by atoms with Gasteiger partial charge < -0.3 is 15.5 Å². The number of nitrogens with one attached hydrogen (secondary N) is 2. The van der Waals surface area contributed by atoms with E-state index < -0.39 is 11.8 Å². The molecule has 1 saturated heterocycles. The lowest BCUT2D eigenvalue weighted by molar-refractivity contribution is -0.139. The number of halogens is 1. The van der Waals surface area contributed by atoms with E-state index in [1.807, 2.05) is 53.4 Å². The monoisotopic (exact) mass is 489 g/mol. The van der Waals surface area contributed by atoms with Gasteiger partial charge in [0.05, 0.1) is 11.7 Å². The van der Waals surface area contributed by atoms with E-state index >= 15 is 0 Å². The Kier molecular flexibility index (Phi) is 8.99. The summed E-state index contributed by atoms with van der Waals surface area (Å²) in [4.78, 5) is 33.3. The Balaban J connectivity index is 1.29. The molecule has 1 atom stereocenters. The number of carbonyl (C=O) groups is 2. The molecule has 3 aromatic rings. The molecule has 0 bridgehead atoms. The molecule has 7 nitrogen and oxygen atoms in total. The van der Waals surface area contributed by atoms with Gasteiger partial charge in [-0.25, -0.2) is 4.39 Å². The SMILES string of the molecule is O=C(NCCCc1ccccc1)C(=O)NC[C@@H](c1cccnc1)N1CCN(c2ccccc2F)CC1. The van der Waals surface area contributed by atoms with Crippen LogP contribution in [0.25, 0.3) is 0 Å². The molecule has 1 aliphatic heterocycles. The molecule has 0 unspecified atom stereocenters. The van der Waals surface area contributed by atoms with Gasteiger partial charge in [0.1, 0.15) is 5.82 Å². The highest BCUT2D eigenvalue weighted by atomic mass is 19.1. The van der Waals surface area contributed by atoms with Gasteiger partial charge in [-0.3, -0.25) is 19.5 Å². The molecule has 0 radical (unpaired) electrons. The molecule has 0 spiro atoms. The zero-order valence-corrected chi connectivity index (χ0v) is 20.3. The fourth-order valence-electron chi connectivity index (χ4n) is 4.50. The summed E-state index contributed by atoms with van der Waals surface area (Å²) in [6.07, 6.45) is 5.08. The summed E-state index contributed by atoms with van der Waals surface area (Å²) in [6.45, 7) is 3.42. The number of amides is 2. The molecule has 8 heteroatoms. The van der Waals surface area contributed by atoms with Crippen molar-refractivity contribution < 1.29 is 14.0 Å². The molecule has 1 fully saturated rings. The number of aryl methyl sites for hydroxylation is 1. The van der Waals surface area contributed by atoms with E-state index in [4.69, 9.17) is 0 Å². The smallest absolute Gasteiger partial charge is 0.309 e. The van der Waals surface area contributed by atoms with Crippen LogP contribution in [0.3, 0.4) is 0 Å². The number of aromatic nitrogens is 1. The summed E-state index contributed by atoms with van der Waals surface area (Å²) in [6, 6.07) is 20.5. The minimum absolute atomic E-state index is 0.142. The van der Waals surface area contributed by atoms with Crippen LogP contribution < -0.4 is 15.5 Å². The second-order valence-electron chi connectivity index (χ2n) is 8.83. The van der Waals surface area contributed by atoms with Crippen molar-refractivity contribution in [2.24, 2.45) is 0 Å². The number of hydrogen-bond donors (Lipinski definition) is 2. The summed E-state index contributed by atoms with van der Waals surface area (Å²) in [5.74, 6) is -1.50. The zero-order chi connectivity index (χ0) is 25.2. The van der Waals surface area contributed by atoms with Crippen LogP contribution in [-0.2, 0) is 16.0 Å². The maximum atomic E-state index is 14.2. The van der Waals surface area contributed by atoms with Crippen molar-refractivity contribution in [3.63, 3.8) is 0 Å². The number of nitrogens with zero attached hydrogens (tertiary/aromatic N) is 3. The average molecular weight is 490 g/mol. The molecule has 2 aromatic carbocycles. The van der Waals surface area contributed by atoms with Crippen molar-refractivity contribution in [1.82, 2.24) is 20.5 Å². The number of anilines is 1. The number of rotatable bonds is 9. The lowest BCUT2D eigenvalue weighted by atomic mass is 10.1. The van der Waals surface area contributed by atoms with Crippen LogP contribution in [0.15, 0.2) is 79.1 Å². The Morgan fingerprint density at radius 1 is 0.889 bits per heavy atom. The Morgan fingerprint density at radius 3 is 2.33 bits per heavy atom. The van der Waals surface area contributed by atoms with E-state index in [9.17, 15) is 14.0 Å². The molecule has 2 heterocycles.